The molecule has 0 aromatic carbocycles. The van der Waals surface area contributed by atoms with Crippen molar-refractivity contribution in [2.24, 2.45) is 5.84 Å². The van der Waals surface area contributed by atoms with Crippen molar-refractivity contribution >= 4 is 11.6 Å². The van der Waals surface area contributed by atoms with Crippen LogP contribution in [-0.2, 0) is 4.74 Å². The van der Waals surface area contributed by atoms with Crippen molar-refractivity contribution in [3.63, 3.8) is 0 Å². The molecular weight excluding hydrogens is 244 g/mol. The first-order chi connectivity index (χ1) is 9.24. The molecule has 3 N–H and O–H groups in total. The number of hydrogen-bond acceptors (Lipinski definition) is 5. The van der Waals surface area contributed by atoms with E-state index in [1.165, 1.54) is 0 Å². The standard InChI is InChI=1S/C13H20N4O2/c1-2-17(9-11-4-3-7-19-11)13(18)12-8-10(16-14)5-6-15-12/h5-6,8,11H,2-4,7,9,14H2,1H3,(H,15,16). The van der Waals surface area contributed by atoms with Gasteiger partial charge in [-0.3, -0.25) is 15.6 Å². The number of hydrogen-bond donors (Lipinski definition) is 2. The number of carbonyl (C=O) groups excluding carboxylic acids is 1. The highest BCUT2D eigenvalue weighted by Crippen LogP contribution is 2.15. The second kappa shape index (κ2) is 6.49. The lowest BCUT2D eigenvalue weighted by Gasteiger charge is -2.23. The molecule has 1 aromatic rings. The molecule has 1 aliphatic rings. The van der Waals surface area contributed by atoms with Crippen LogP contribution < -0.4 is 11.3 Å². The molecule has 1 saturated heterocycles. The van der Waals surface area contributed by atoms with Crippen molar-refractivity contribution in [1.29, 1.82) is 0 Å². The highest BCUT2D eigenvalue weighted by atomic mass is 16.5. The molecule has 1 aliphatic heterocycles. The minimum absolute atomic E-state index is 0.0879. The zero-order valence-electron chi connectivity index (χ0n) is 11.1. The van der Waals surface area contributed by atoms with Crippen molar-refractivity contribution in [1.82, 2.24) is 9.88 Å². The predicted molar refractivity (Wildman–Crippen MR) is 72.6 cm³/mol. The molecule has 19 heavy (non-hydrogen) atoms. The van der Waals surface area contributed by atoms with E-state index in [1.54, 1.807) is 23.2 Å². The fraction of sp³-hybridized carbons (Fsp3) is 0.538. The molecule has 1 atom stereocenters. The van der Waals surface area contributed by atoms with Gasteiger partial charge in [0.2, 0.25) is 0 Å². The number of nitrogens with one attached hydrogen (secondary N) is 1. The molecule has 104 valence electrons. The summed E-state index contributed by atoms with van der Waals surface area (Å²) < 4.78 is 5.57. The highest BCUT2D eigenvalue weighted by Gasteiger charge is 2.23. The fourth-order valence-electron chi connectivity index (χ4n) is 2.19. The van der Waals surface area contributed by atoms with Crippen molar-refractivity contribution in [3.8, 4) is 0 Å². The van der Waals surface area contributed by atoms with E-state index in [2.05, 4.69) is 10.4 Å². The zero-order chi connectivity index (χ0) is 13.7. The van der Waals surface area contributed by atoms with Crippen molar-refractivity contribution < 1.29 is 9.53 Å². The number of ether oxygens (including phenoxy) is 1. The average Bonchev–Trinajstić information content (AvgIpc) is 2.97. The van der Waals surface area contributed by atoms with E-state index in [4.69, 9.17) is 10.6 Å². The Labute approximate surface area is 112 Å². The molecule has 0 saturated carbocycles. The molecule has 0 radical (unpaired) electrons. The van der Waals surface area contributed by atoms with E-state index >= 15 is 0 Å². The molecule has 6 heteroatoms. The monoisotopic (exact) mass is 264 g/mol. The molecule has 1 unspecified atom stereocenters. The van der Waals surface area contributed by atoms with Gasteiger partial charge in [0.1, 0.15) is 5.69 Å². The fourth-order valence-corrected chi connectivity index (χ4v) is 2.19. The van der Waals surface area contributed by atoms with E-state index in [9.17, 15) is 4.79 Å². The van der Waals surface area contributed by atoms with Crippen LogP contribution in [0.5, 0.6) is 0 Å². The molecule has 6 nitrogen and oxygen atoms in total. The van der Waals surface area contributed by atoms with E-state index < -0.39 is 0 Å². The van der Waals surface area contributed by atoms with Gasteiger partial charge >= 0.3 is 0 Å². The third-order valence-corrected chi connectivity index (χ3v) is 3.26. The number of aromatic nitrogens is 1. The van der Waals surface area contributed by atoms with Gasteiger partial charge in [-0.05, 0) is 31.9 Å². The number of pyridine rings is 1. The Hall–Kier alpha value is -1.66. The Morgan fingerprint density at radius 3 is 3.16 bits per heavy atom. The highest BCUT2D eigenvalue weighted by molar-refractivity contribution is 5.93. The van der Waals surface area contributed by atoms with Gasteiger partial charge in [0.25, 0.3) is 5.91 Å². The molecule has 1 fully saturated rings. The van der Waals surface area contributed by atoms with Crippen LogP contribution in [0, 0.1) is 0 Å². The first-order valence-corrected chi connectivity index (χ1v) is 6.58. The topological polar surface area (TPSA) is 80.5 Å². The number of carbonyl (C=O) groups is 1. The number of anilines is 1. The van der Waals surface area contributed by atoms with Crippen LogP contribution in [0.3, 0.4) is 0 Å². The molecule has 0 spiro atoms. The number of hydrazine groups is 1. The maximum atomic E-state index is 12.4. The van der Waals surface area contributed by atoms with E-state index in [0.717, 1.165) is 19.4 Å². The SMILES string of the molecule is CCN(CC1CCCO1)C(=O)c1cc(NN)ccn1. The molecule has 1 amide bonds. The van der Waals surface area contributed by atoms with Gasteiger partial charge < -0.3 is 15.1 Å². The van der Waals surface area contributed by atoms with Crippen molar-refractivity contribution in [3.05, 3.63) is 24.0 Å². The summed E-state index contributed by atoms with van der Waals surface area (Å²) in [6, 6.07) is 3.37. The summed E-state index contributed by atoms with van der Waals surface area (Å²) in [5, 5.41) is 0. The Balaban J connectivity index is 2.06. The van der Waals surface area contributed by atoms with Gasteiger partial charge in [0, 0.05) is 25.9 Å². The summed E-state index contributed by atoms with van der Waals surface area (Å²) >= 11 is 0. The Morgan fingerprint density at radius 2 is 2.53 bits per heavy atom. The lowest BCUT2D eigenvalue weighted by atomic mass is 10.2. The van der Waals surface area contributed by atoms with Crippen LogP contribution >= 0.6 is 0 Å². The molecule has 0 aliphatic carbocycles. The molecule has 2 rings (SSSR count). The van der Waals surface area contributed by atoms with Crippen LogP contribution in [0.25, 0.3) is 0 Å². The number of nitrogens with zero attached hydrogens (tertiary/aromatic N) is 2. The van der Waals surface area contributed by atoms with Gasteiger partial charge in [0.05, 0.1) is 11.8 Å². The minimum atomic E-state index is -0.0879. The second-order valence-corrected chi connectivity index (χ2v) is 4.55. The van der Waals surface area contributed by atoms with Crippen LogP contribution in [0.4, 0.5) is 5.69 Å². The third kappa shape index (κ3) is 3.42. The minimum Gasteiger partial charge on any atom is -0.376 e. The lowest BCUT2D eigenvalue weighted by Crippen LogP contribution is -2.37. The summed E-state index contributed by atoms with van der Waals surface area (Å²) in [5.41, 5.74) is 3.59. The number of likely N-dealkylation sites (N-methyl/N-ethyl adjacent to an activating group) is 1. The number of rotatable bonds is 5. The molecular formula is C13H20N4O2. The number of amides is 1. The normalized spacial score (nSPS) is 18.3. The van der Waals surface area contributed by atoms with E-state index in [1.807, 2.05) is 6.92 Å². The Bertz CT molecular complexity index is 432. The predicted octanol–water partition coefficient (Wildman–Crippen LogP) is 1.01. The van der Waals surface area contributed by atoms with Crippen LogP contribution in [0.1, 0.15) is 30.3 Å². The average molecular weight is 264 g/mol. The molecule has 0 bridgehead atoms. The van der Waals surface area contributed by atoms with Gasteiger partial charge in [-0.25, -0.2) is 0 Å². The van der Waals surface area contributed by atoms with Crippen molar-refractivity contribution in [2.75, 3.05) is 25.1 Å². The van der Waals surface area contributed by atoms with Gasteiger partial charge in [0.15, 0.2) is 0 Å². The Morgan fingerprint density at radius 1 is 1.68 bits per heavy atom. The Kier molecular flexibility index (Phi) is 4.70. The second-order valence-electron chi connectivity index (χ2n) is 4.55. The van der Waals surface area contributed by atoms with E-state index in [0.29, 0.717) is 24.5 Å². The van der Waals surface area contributed by atoms with Crippen molar-refractivity contribution in [2.45, 2.75) is 25.9 Å². The largest absolute Gasteiger partial charge is 0.376 e. The van der Waals surface area contributed by atoms with Crippen LogP contribution in [-0.4, -0.2) is 41.6 Å². The summed E-state index contributed by atoms with van der Waals surface area (Å²) in [4.78, 5) is 18.2. The van der Waals surface area contributed by atoms with Crippen LogP contribution in [0.15, 0.2) is 18.3 Å². The lowest BCUT2D eigenvalue weighted by molar-refractivity contribution is 0.0535. The smallest absolute Gasteiger partial charge is 0.272 e. The maximum Gasteiger partial charge on any atom is 0.272 e. The van der Waals surface area contributed by atoms with Gasteiger partial charge in [-0.2, -0.15) is 0 Å². The summed E-state index contributed by atoms with van der Waals surface area (Å²) in [5.74, 6) is 5.25. The first-order valence-electron chi connectivity index (χ1n) is 6.58. The summed E-state index contributed by atoms with van der Waals surface area (Å²) in [7, 11) is 0. The number of nitrogens with two attached hydrogens (primary N) is 1. The molecule has 2 heterocycles. The summed E-state index contributed by atoms with van der Waals surface area (Å²) in [6.07, 6.45) is 3.81. The number of nitrogen functional groups attached to an aromatic ring is 1. The zero-order valence-corrected chi connectivity index (χ0v) is 11.1. The van der Waals surface area contributed by atoms with Gasteiger partial charge in [-0.1, -0.05) is 0 Å². The quantitative estimate of drug-likeness (QED) is 0.613. The maximum absolute atomic E-state index is 12.4. The third-order valence-electron chi connectivity index (χ3n) is 3.26. The first kappa shape index (κ1) is 13.8. The summed E-state index contributed by atoms with van der Waals surface area (Å²) in [6.45, 7) is 4.01. The van der Waals surface area contributed by atoms with Gasteiger partial charge in [-0.15, -0.1) is 0 Å². The van der Waals surface area contributed by atoms with E-state index in [-0.39, 0.29) is 12.0 Å². The van der Waals surface area contributed by atoms with Crippen LogP contribution in [0.2, 0.25) is 0 Å². The molecule has 1 aromatic heterocycles.